The van der Waals surface area contributed by atoms with Crippen molar-refractivity contribution in [1.82, 2.24) is 5.32 Å². The Hall–Kier alpha value is -1.63. The van der Waals surface area contributed by atoms with E-state index in [9.17, 15) is 18.0 Å². The minimum atomic E-state index is -4.93. The van der Waals surface area contributed by atoms with Gasteiger partial charge in [0.1, 0.15) is 11.3 Å². The number of carbonyl (C=O) groups excluding carboxylic acids is 1. The molecule has 3 rings (SSSR count). The van der Waals surface area contributed by atoms with E-state index in [4.69, 9.17) is 4.74 Å². The van der Waals surface area contributed by atoms with Gasteiger partial charge in [0.25, 0.3) is 0 Å². The third kappa shape index (κ3) is 2.51. The van der Waals surface area contributed by atoms with Crippen molar-refractivity contribution in [3.63, 3.8) is 0 Å². The molecule has 1 fully saturated rings. The average molecular weight is 328 g/mol. The molecule has 2 aliphatic carbocycles. The second-order valence-electron chi connectivity index (χ2n) is 6.24. The monoisotopic (exact) mass is 328 g/mol. The number of aliphatic imine (C=N–C) groups is 1. The molecule has 4 nitrogen and oxygen atoms in total. The quantitative estimate of drug-likeness (QED) is 0.847. The lowest BCUT2D eigenvalue weighted by Crippen LogP contribution is -2.58. The van der Waals surface area contributed by atoms with Gasteiger partial charge in [0, 0.05) is 13.0 Å². The van der Waals surface area contributed by atoms with Crippen molar-refractivity contribution in [2.24, 2.45) is 10.9 Å². The van der Waals surface area contributed by atoms with Gasteiger partial charge in [-0.15, -0.1) is 0 Å². The van der Waals surface area contributed by atoms with Gasteiger partial charge in [-0.25, -0.2) is 0 Å². The fourth-order valence-electron chi connectivity index (χ4n) is 3.99. The van der Waals surface area contributed by atoms with Gasteiger partial charge in [0.15, 0.2) is 0 Å². The summed E-state index contributed by atoms with van der Waals surface area (Å²) in [5.41, 5.74) is -1.54. The molecule has 7 heteroatoms. The smallest absolute Gasteiger partial charge is 0.367 e. The van der Waals surface area contributed by atoms with Crippen LogP contribution in [0.3, 0.4) is 0 Å². The second kappa shape index (κ2) is 5.47. The first-order chi connectivity index (χ1) is 10.8. The third-order valence-electron chi connectivity index (χ3n) is 5.00. The van der Waals surface area contributed by atoms with E-state index in [1.54, 1.807) is 12.2 Å². The summed E-state index contributed by atoms with van der Waals surface area (Å²) in [4.78, 5) is 16.1. The summed E-state index contributed by atoms with van der Waals surface area (Å²) < 4.78 is 44.1. The molecule has 1 aliphatic heterocycles. The Morgan fingerprint density at radius 3 is 2.83 bits per heavy atom. The summed E-state index contributed by atoms with van der Waals surface area (Å²) in [6.07, 6.45) is 5.79. The Kier molecular flexibility index (Phi) is 3.86. The van der Waals surface area contributed by atoms with Gasteiger partial charge >= 0.3 is 12.1 Å². The number of ether oxygens (including phenoxy) is 1. The first-order valence-corrected chi connectivity index (χ1v) is 7.75. The van der Waals surface area contributed by atoms with Crippen LogP contribution in [0.4, 0.5) is 13.2 Å². The fraction of sp³-hybridized carbons (Fsp3) is 0.625. The molecule has 0 bridgehead atoms. The van der Waals surface area contributed by atoms with E-state index in [0.29, 0.717) is 18.6 Å². The van der Waals surface area contributed by atoms with Crippen molar-refractivity contribution in [1.29, 1.82) is 0 Å². The number of nitrogens with one attached hydrogen (secondary N) is 1. The lowest BCUT2D eigenvalue weighted by Gasteiger charge is -2.40. The number of hydrogen-bond acceptors (Lipinski definition) is 3. The van der Waals surface area contributed by atoms with Crippen LogP contribution in [0.5, 0.6) is 0 Å². The van der Waals surface area contributed by atoms with Gasteiger partial charge in [-0.2, -0.15) is 13.2 Å². The molecule has 3 aliphatic rings. The Bertz CT molecular complexity index is 597. The number of hydrogen-bond donors (Lipinski definition) is 1. The highest BCUT2D eigenvalue weighted by Crippen LogP contribution is 2.49. The largest absolute Gasteiger partial charge is 0.471 e. The summed E-state index contributed by atoms with van der Waals surface area (Å²) in [6, 6.07) is 0. The van der Waals surface area contributed by atoms with Crippen LogP contribution in [-0.4, -0.2) is 36.2 Å². The normalized spacial score (nSPS) is 36.0. The van der Waals surface area contributed by atoms with E-state index in [1.165, 1.54) is 7.11 Å². The Balaban J connectivity index is 2.04. The maximum Gasteiger partial charge on any atom is 0.471 e. The summed E-state index contributed by atoms with van der Waals surface area (Å²) >= 11 is 0. The van der Waals surface area contributed by atoms with Crippen molar-refractivity contribution in [2.75, 3.05) is 7.11 Å². The molecule has 0 unspecified atom stereocenters. The number of nitrogens with zero attached hydrogens (tertiary/aromatic N) is 1. The van der Waals surface area contributed by atoms with Crippen LogP contribution in [0, 0.1) is 5.92 Å². The molecule has 0 aromatic rings. The summed E-state index contributed by atoms with van der Waals surface area (Å²) in [6.45, 7) is 0. The Morgan fingerprint density at radius 1 is 1.35 bits per heavy atom. The molecule has 1 heterocycles. The molecular formula is C16H19F3N2O2. The van der Waals surface area contributed by atoms with E-state index in [-0.39, 0.29) is 5.92 Å². The molecule has 23 heavy (non-hydrogen) atoms. The number of amides is 1. The average Bonchev–Trinajstić information content (AvgIpc) is 2.62. The minimum absolute atomic E-state index is 0.343. The highest BCUT2D eigenvalue weighted by molar-refractivity contribution is 6.07. The molecule has 0 radical (unpaired) electrons. The zero-order chi connectivity index (χ0) is 16.7. The molecule has 0 aromatic heterocycles. The number of halogens is 3. The number of allylic oxidation sites excluding steroid dienone is 2. The number of alkyl halides is 3. The summed E-state index contributed by atoms with van der Waals surface area (Å²) in [7, 11) is 1.53. The predicted octanol–water partition coefficient (Wildman–Crippen LogP) is 2.91. The standard InChI is InChI=1S/C16H19F3N2O2/c1-23-14-9-6-4-8-12(14)20-15(21-13(22)16(17,18)19)10-5-2-3-7-11(14)15/h4,6,8-9,11H,2-3,5,7,10H2,1H3,(H,21,22)/t11-,14+,15+/m0/s1. The summed E-state index contributed by atoms with van der Waals surface area (Å²) in [5.74, 6) is -2.28. The van der Waals surface area contributed by atoms with Gasteiger partial charge in [-0.3, -0.25) is 9.79 Å². The van der Waals surface area contributed by atoms with Crippen LogP contribution in [0.25, 0.3) is 0 Å². The molecule has 1 N–H and O–H groups in total. The lowest BCUT2D eigenvalue weighted by atomic mass is 9.74. The van der Waals surface area contributed by atoms with E-state index in [2.05, 4.69) is 10.3 Å². The highest BCUT2D eigenvalue weighted by atomic mass is 19.4. The summed E-state index contributed by atoms with van der Waals surface area (Å²) in [5, 5.41) is 2.19. The SMILES string of the molecule is CO[C@@]12C=CC=CC1=N[C@@]1(NC(=O)C(F)(F)F)CCCCC[C@@H]21. The van der Waals surface area contributed by atoms with Crippen molar-refractivity contribution in [3.05, 3.63) is 24.3 Å². The maximum atomic E-state index is 12.8. The van der Waals surface area contributed by atoms with Crippen molar-refractivity contribution in [3.8, 4) is 0 Å². The molecule has 0 saturated heterocycles. The second-order valence-corrected chi connectivity index (χ2v) is 6.24. The Morgan fingerprint density at radius 2 is 2.13 bits per heavy atom. The van der Waals surface area contributed by atoms with Crippen LogP contribution in [0.1, 0.15) is 32.1 Å². The topological polar surface area (TPSA) is 50.7 Å². The molecule has 0 spiro atoms. The lowest BCUT2D eigenvalue weighted by molar-refractivity contribution is -0.177. The number of fused-ring (bicyclic) bond motifs is 3. The number of methoxy groups -OCH3 is 1. The van der Waals surface area contributed by atoms with Gasteiger partial charge in [-0.1, -0.05) is 25.0 Å². The first-order valence-electron chi connectivity index (χ1n) is 7.75. The van der Waals surface area contributed by atoms with Crippen molar-refractivity contribution < 1.29 is 22.7 Å². The molecule has 0 aromatic carbocycles. The molecule has 1 saturated carbocycles. The fourth-order valence-corrected chi connectivity index (χ4v) is 3.99. The molecule has 1 amide bonds. The number of rotatable bonds is 2. The van der Waals surface area contributed by atoms with Gasteiger partial charge < -0.3 is 10.1 Å². The highest BCUT2D eigenvalue weighted by Gasteiger charge is 2.60. The zero-order valence-corrected chi connectivity index (χ0v) is 12.8. The molecule has 3 atom stereocenters. The zero-order valence-electron chi connectivity index (χ0n) is 12.8. The van der Waals surface area contributed by atoms with E-state index in [1.807, 2.05) is 12.2 Å². The van der Waals surface area contributed by atoms with Crippen LogP contribution >= 0.6 is 0 Å². The van der Waals surface area contributed by atoms with Gasteiger partial charge in [0.05, 0.1) is 5.71 Å². The van der Waals surface area contributed by atoms with Crippen LogP contribution in [0.15, 0.2) is 29.3 Å². The van der Waals surface area contributed by atoms with Gasteiger partial charge in [-0.05, 0) is 31.4 Å². The van der Waals surface area contributed by atoms with E-state index < -0.39 is 23.3 Å². The Labute approximate surface area is 132 Å². The van der Waals surface area contributed by atoms with Crippen molar-refractivity contribution in [2.45, 2.75) is 49.5 Å². The van der Waals surface area contributed by atoms with Crippen LogP contribution in [-0.2, 0) is 9.53 Å². The minimum Gasteiger partial charge on any atom is -0.367 e. The van der Waals surface area contributed by atoms with Gasteiger partial charge in [0.2, 0.25) is 0 Å². The first kappa shape index (κ1) is 16.2. The molecule has 126 valence electrons. The third-order valence-corrected chi connectivity index (χ3v) is 5.00. The van der Waals surface area contributed by atoms with Crippen molar-refractivity contribution >= 4 is 11.6 Å². The number of carbonyl (C=O) groups is 1. The predicted molar refractivity (Wildman–Crippen MR) is 79.0 cm³/mol. The van der Waals surface area contributed by atoms with E-state index in [0.717, 1.165) is 19.3 Å². The van der Waals surface area contributed by atoms with E-state index >= 15 is 0 Å². The van der Waals surface area contributed by atoms with Crippen LogP contribution in [0.2, 0.25) is 0 Å². The van der Waals surface area contributed by atoms with Crippen LogP contribution < -0.4 is 5.32 Å². The molecular weight excluding hydrogens is 309 g/mol. The maximum absolute atomic E-state index is 12.8.